The molecular weight excluding hydrogens is 351 g/mol. The van der Waals surface area contributed by atoms with E-state index in [4.69, 9.17) is 16.7 Å². The van der Waals surface area contributed by atoms with E-state index in [9.17, 15) is 14.7 Å². The molecule has 0 fully saturated rings. The highest BCUT2D eigenvalue weighted by Gasteiger charge is 2.19. The number of carbonyl (C=O) groups excluding carboxylic acids is 1. The Bertz CT molecular complexity index is 720. The number of nitrogens with zero attached hydrogens (tertiary/aromatic N) is 1. The second kappa shape index (κ2) is 5.64. The highest BCUT2D eigenvalue weighted by Crippen LogP contribution is 2.33. The van der Waals surface area contributed by atoms with E-state index in [2.05, 4.69) is 26.2 Å². The summed E-state index contributed by atoms with van der Waals surface area (Å²) in [5, 5.41) is 21.6. The normalized spacial score (nSPS) is 10.5. The van der Waals surface area contributed by atoms with Crippen LogP contribution in [-0.4, -0.2) is 33.6 Å². The maximum absolute atomic E-state index is 11.8. The number of carboxylic acid groups (broad SMARTS) is 1. The minimum absolute atomic E-state index is 0.0413. The number of rotatable bonds is 3. The van der Waals surface area contributed by atoms with Crippen molar-refractivity contribution >= 4 is 50.2 Å². The molecule has 0 saturated heterocycles. The van der Waals surface area contributed by atoms with Gasteiger partial charge < -0.3 is 15.5 Å². The Labute approximate surface area is 126 Å². The van der Waals surface area contributed by atoms with Crippen molar-refractivity contribution in [2.24, 2.45) is 0 Å². The van der Waals surface area contributed by atoms with Gasteiger partial charge >= 0.3 is 5.97 Å². The van der Waals surface area contributed by atoms with Gasteiger partial charge in [-0.05, 0) is 18.2 Å². The lowest BCUT2D eigenvalue weighted by atomic mass is 10.1. The molecule has 0 spiro atoms. The fraction of sp³-hybridized carbons (Fsp3) is 0.0833. The first-order chi connectivity index (χ1) is 9.40. The van der Waals surface area contributed by atoms with Crippen molar-refractivity contribution in [3.63, 3.8) is 0 Å². The number of nitrogens with one attached hydrogen (secondary N) is 1. The van der Waals surface area contributed by atoms with Gasteiger partial charge in [-0.2, -0.15) is 0 Å². The van der Waals surface area contributed by atoms with E-state index in [1.54, 1.807) is 18.2 Å². The van der Waals surface area contributed by atoms with Crippen LogP contribution >= 0.6 is 27.5 Å². The van der Waals surface area contributed by atoms with Crippen LogP contribution in [0.25, 0.3) is 10.8 Å². The number of pyridine rings is 1. The molecule has 3 N–H and O–H groups in total. The van der Waals surface area contributed by atoms with Crippen LogP contribution in [0.3, 0.4) is 0 Å². The van der Waals surface area contributed by atoms with Crippen LogP contribution in [0.2, 0.25) is 5.15 Å². The second-order valence-electron chi connectivity index (χ2n) is 3.87. The largest absolute Gasteiger partial charge is 0.505 e. The smallest absolute Gasteiger partial charge is 0.322 e. The summed E-state index contributed by atoms with van der Waals surface area (Å²) >= 11 is 9.24. The predicted octanol–water partition coefficient (Wildman–Crippen LogP) is 2.17. The van der Waals surface area contributed by atoms with Gasteiger partial charge in [-0.1, -0.05) is 27.5 Å². The summed E-state index contributed by atoms with van der Waals surface area (Å²) in [5.41, 5.74) is -0.314. The maximum atomic E-state index is 11.8. The molecule has 104 valence electrons. The van der Waals surface area contributed by atoms with Crippen molar-refractivity contribution in [3.05, 3.63) is 33.5 Å². The van der Waals surface area contributed by atoms with Crippen molar-refractivity contribution in [3.8, 4) is 5.75 Å². The molecule has 0 aliphatic carbocycles. The predicted molar refractivity (Wildman–Crippen MR) is 76.1 cm³/mol. The molecule has 6 nitrogen and oxygen atoms in total. The lowest BCUT2D eigenvalue weighted by Crippen LogP contribution is -2.30. The first-order valence-corrected chi connectivity index (χ1v) is 6.55. The Morgan fingerprint density at radius 1 is 1.35 bits per heavy atom. The number of carboxylic acids is 1. The molecule has 1 heterocycles. The molecule has 0 aliphatic rings. The molecule has 0 unspecified atom stereocenters. The fourth-order valence-corrected chi connectivity index (χ4v) is 2.23. The highest BCUT2D eigenvalue weighted by molar-refractivity contribution is 9.10. The van der Waals surface area contributed by atoms with E-state index in [0.29, 0.717) is 10.8 Å². The van der Waals surface area contributed by atoms with Crippen LogP contribution in [0, 0.1) is 0 Å². The van der Waals surface area contributed by atoms with Crippen LogP contribution in [0.5, 0.6) is 5.75 Å². The van der Waals surface area contributed by atoms with E-state index in [0.717, 1.165) is 4.47 Å². The quantitative estimate of drug-likeness (QED) is 0.729. The summed E-state index contributed by atoms with van der Waals surface area (Å²) in [6.07, 6.45) is 0. The average molecular weight is 360 g/mol. The number of benzene rings is 1. The molecule has 2 aromatic rings. The zero-order valence-electron chi connectivity index (χ0n) is 9.85. The number of hydrogen-bond acceptors (Lipinski definition) is 4. The van der Waals surface area contributed by atoms with Crippen LogP contribution in [-0.2, 0) is 4.79 Å². The second-order valence-corrected chi connectivity index (χ2v) is 5.14. The Balaban J connectivity index is 2.50. The van der Waals surface area contributed by atoms with E-state index in [1.807, 2.05) is 0 Å². The van der Waals surface area contributed by atoms with Gasteiger partial charge in [0.05, 0.1) is 0 Å². The van der Waals surface area contributed by atoms with E-state index in [1.165, 1.54) is 0 Å². The first-order valence-electron chi connectivity index (χ1n) is 5.38. The molecule has 1 aromatic carbocycles. The van der Waals surface area contributed by atoms with Gasteiger partial charge in [-0.3, -0.25) is 9.59 Å². The molecule has 0 saturated carbocycles. The first kappa shape index (κ1) is 14.5. The number of hydrogen-bond donors (Lipinski definition) is 3. The number of aromatic nitrogens is 1. The third kappa shape index (κ3) is 2.83. The van der Waals surface area contributed by atoms with Gasteiger partial charge in [0.2, 0.25) is 0 Å². The summed E-state index contributed by atoms with van der Waals surface area (Å²) < 4.78 is 0.746. The SMILES string of the molecule is O=C(O)CNC(=O)c1nc(Cl)c2cc(Br)ccc2c1O. The highest BCUT2D eigenvalue weighted by atomic mass is 79.9. The summed E-state index contributed by atoms with van der Waals surface area (Å²) in [5.74, 6) is -2.36. The Kier molecular flexibility index (Phi) is 4.10. The third-order valence-electron chi connectivity index (χ3n) is 2.51. The van der Waals surface area contributed by atoms with Crippen molar-refractivity contribution in [1.29, 1.82) is 0 Å². The van der Waals surface area contributed by atoms with Crippen molar-refractivity contribution in [1.82, 2.24) is 10.3 Å². The van der Waals surface area contributed by atoms with Gasteiger partial charge in [0.1, 0.15) is 11.7 Å². The number of amides is 1. The van der Waals surface area contributed by atoms with Gasteiger partial charge in [0.15, 0.2) is 11.4 Å². The van der Waals surface area contributed by atoms with E-state index >= 15 is 0 Å². The summed E-state index contributed by atoms with van der Waals surface area (Å²) in [4.78, 5) is 26.0. The molecule has 2 rings (SSSR count). The monoisotopic (exact) mass is 358 g/mol. The summed E-state index contributed by atoms with van der Waals surface area (Å²) in [6, 6.07) is 4.91. The minimum Gasteiger partial charge on any atom is -0.505 e. The number of halogens is 2. The molecule has 1 amide bonds. The van der Waals surface area contributed by atoms with Crippen LogP contribution in [0.1, 0.15) is 10.5 Å². The van der Waals surface area contributed by atoms with Crippen LogP contribution < -0.4 is 5.32 Å². The van der Waals surface area contributed by atoms with Crippen LogP contribution in [0.15, 0.2) is 22.7 Å². The van der Waals surface area contributed by atoms with E-state index < -0.39 is 18.4 Å². The summed E-state index contributed by atoms with van der Waals surface area (Å²) in [7, 11) is 0. The zero-order chi connectivity index (χ0) is 14.9. The van der Waals surface area contributed by atoms with Gasteiger partial charge in [0, 0.05) is 15.2 Å². The van der Waals surface area contributed by atoms with Gasteiger partial charge in [-0.15, -0.1) is 0 Å². The molecule has 8 heteroatoms. The fourth-order valence-electron chi connectivity index (χ4n) is 1.63. The number of fused-ring (bicyclic) bond motifs is 1. The van der Waals surface area contributed by atoms with Crippen molar-refractivity contribution in [2.75, 3.05) is 6.54 Å². The molecule has 1 aromatic heterocycles. The van der Waals surface area contributed by atoms with Crippen molar-refractivity contribution in [2.45, 2.75) is 0 Å². The standard InChI is InChI=1S/C12H8BrClN2O4/c13-5-1-2-6-7(3-5)11(14)16-9(10(6)19)12(20)15-4-8(17)18/h1-3,19H,4H2,(H,15,20)(H,17,18). The average Bonchev–Trinajstić information content (AvgIpc) is 2.40. The topological polar surface area (TPSA) is 99.5 Å². The Hall–Kier alpha value is -1.86. The maximum Gasteiger partial charge on any atom is 0.322 e. The lowest BCUT2D eigenvalue weighted by molar-refractivity contribution is -0.135. The van der Waals surface area contributed by atoms with E-state index in [-0.39, 0.29) is 16.6 Å². The van der Waals surface area contributed by atoms with Gasteiger partial charge in [-0.25, -0.2) is 4.98 Å². The minimum atomic E-state index is -1.20. The molecule has 0 atom stereocenters. The van der Waals surface area contributed by atoms with Crippen LogP contribution in [0.4, 0.5) is 0 Å². The zero-order valence-corrected chi connectivity index (χ0v) is 12.2. The molecule has 20 heavy (non-hydrogen) atoms. The molecule has 0 bridgehead atoms. The Morgan fingerprint density at radius 2 is 2.05 bits per heavy atom. The van der Waals surface area contributed by atoms with Crippen molar-refractivity contribution < 1.29 is 19.8 Å². The lowest BCUT2D eigenvalue weighted by Gasteiger charge is -2.09. The molecule has 0 aliphatic heterocycles. The number of carbonyl (C=O) groups is 2. The summed E-state index contributed by atoms with van der Waals surface area (Å²) in [6.45, 7) is -0.573. The number of aromatic hydroxyl groups is 1. The molecule has 0 radical (unpaired) electrons. The number of aliphatic carboxylic acids is 1. The Morgan fingerprint density at radius 3 is 2.70 bits per heavy atom. The molecular formula is C12H8BrClN2O4. The third-order valence-corrected chi connectivity index (χ3v) is 3.29. The van der Waals surface area contributed by atoms with Gasteiger partial charge in [0.25, 0.3) is 5.91 Å².